The fourth-order valence-electron chi connectivity index (χ4n) is 2.23. The molecule has 1 amide bonds. The lowest BCUT2D eigenvalue weighted by Crippen LogP contribution is -2.15. The number of thiazole rings is 1. The fraction of sp³-hybridized carbons (Fsp3) is 0. The van der Waals surface area contributed by atoms with Gasteiger partial charge in [-0.1, -0.05) is 28.1 Å². The summed E-state index contributed by atoms with van der Waals surface area (Å²) in [6.07, 6.45) is 0. The minimum Gasteiger partial charge on any atom is -0.755 e. The number of aromatic nitrogens is 1. The van der Waals surface area contributed by atoms with E-state index in [0.29, 0.717) is 10.8 Å². The monoisotopic (exact) mass is 461 g/mol. The van der Waals surface area contributed by atoms with E-state index in [0.717, 1.165) is 10.0 Å². The van der Waals surface area contributed by atoms with E-state index >= 15 is 0 Å². The van der Waals surface area contributed by atoms with Gasteiger partial charge in [0.05, 0.1) is 28.6 Å². The summed E-state index contributed by atoms with van der Waals surface area (Å²) in [4.78, 5) is 16.9. The molecule has 0 spiro atoms. The van der Waals surface area contributed by atoms with Crippen LogP contribution in [-0.4, -0.2) is 19.7 Å². The van der Waals surface area contributed by atoms with Gasteiger partial charge in [0.15, 0.2) is 5.13 Å². The van der Waals surface area contributed by atoms with E-state index in [-0.39, 0.29) is 16.8 Å². The maximum Gasteiger partial charge on any atom is 0.259 e. The molecule has 0 aliphatic carbocycles. The Bertz CT molecular complexity index is 1060. The fourth-order valence-corrected chi connectivity index (χ4v) is 3.56. The molecular formula is C17H10BrN4O3S2-. The molecule has 1 atom stereocenters. The zero-order valence-corrected chi connectivity index (χ0v) is 16.7. The number of amides is 1. The summed E-state index contributed by atoms with van der Waals surface area (Å²) in [5.74, 6) is -0.538. The van der Waals surface area contributed by atoms with Gasteiger partial charge in [0.2, 0.25) is 0 Å². The molecule has 1 unspecified atom stereocenters. The van der Waals surface area contributed by atoms with Gasteiger partial charge in [0.25, 0.3) is 5.91 Å². The number of carbonyl (C=O) groups excluding carboxylic acids is 1. The molecule has 1 aromatic heterocycles. The number of hydrogen-bond donors (Lipinski definition) is 2. The number of halogens is 1. The molecule has 10 heteroatoms. The van der Waals surface area contributed by atoms with Crippen LogP contribution in [0.5, 0.6) is 0 Å². The topological polar surface area (TPSA) is 118 Å². The molecule has 136 valence electrons. The van der Waals surface area contributed by atoms with Crippen LogP contribution in [0.2, 0.25) is 0 Å². The first-order chi connectivity index (χ1) is 13.0. The highest BCUT2D eigenvalue weighted by molar-refractivity contribution is 9.10. The van der Waals surface area contributed by atoms with Crippen molar-refractivity contribution in [2.45, 2.75) is 0 Å². The van der Waals surface area contributed by atoms with Crippen LogP contribution in [0.1, 0.15) is 15.9 Å². The first-order valence-corrected chi connectivity index (χ1v) is 10.1. The van der Waals surface area contributed by atoms with E-state index in [1.54, 1.807) is 0 Å². The molecule has 0 saturated heterocycles. The summed E-state index contributed by atoms with van der Waals surface area (Å²) >= 11 is 1.99. The Morgan fingerprint density at radius 1 is 1.26 bits per heavy atom. The van der Waals surface area contributed by atoms with Crippen molar-refractivity contribution in [3.63, 3.8) is 0 Å². The third-order valence-electron chi connectivity index (χ3n) is 3.45. The Balaban J connectivity index is 1.83. The highest BCUT2D eigenvalue weighted by Crippen LogP contribution is 2.27. The number of hydrogen-bond acceptors (Lipinski definition) is 6. The Morgan fingerprint density at radius 3 is 2.67 bits per heavy atom. The summed E-state index contributed by atoms with van der Waals surface area (Å²) in [6.45, 7) is 0. The zero-order valence-electron chi connectivity index (χ0n) is 13.4. The second-order valence-corrected chi connectivity index (χ2v) is 7.66. The van der Waals surface area contributed by atoms with Crippen LogP contribution in [-0.2, 0) is 11.3 Å². The minimum atomic E-state index is -2.63. The second kappa shape index (κ2) is 8.41. The third kappa shape index (κ3) is 4.78. The summed E-state index contributed by atoms with van der Waals surface area (Å²) < 4.78 is 25.0. The van der Waals surface area contributed by atoms with Gasteiger partial charge in [-0.25, -0.2) is 4.98 Å². The highest BCUT2D eigenvalue weighted by Gasteiger charge is 2.15. The van der Waals surface area contributed by atoms with Gasteiger partial charge in [-0.15, -0.1) is 11.3 Å². The van der Waals surface area contributed by atoms with Crippen LogP contribution in [0.4, 0.5) is 10.8 Å². The average molecular weight is 462 g/mol. The summed E-state index contributed by atoms with van der Waals surface area (Å²) in [6, 6.07) is 13.6. The average Bonchev–Trinajstić information content (AvgIpc) is 3.10. The number of nitriles is 1. The standard InChI is InChI=1S/C17H11BrN4O3S2/c18-12-4-2-11(3-5-12)15-9-26-17(20-15)21-16(23)13-6-1-10(8-19)7-14(13)22-27(24)25/h1-7,9,22H,(H,24,25)(H,20,21,23)/p-1. The van der Waals surface area contributed by atoms with Crippen molar-refractivity contribution in [3.8, 4) is 17.3 Å². The molecular weight excluding hydrogens is 452 g/mol. The molecule has 27 heavy (non-hydrogen) atoms. The SMILES string of the molecule is N#Cc1ccc(C(=O)Nc2nc(-c3ccc(Br)cc3)cs2)c(NS(=O)[O-])c1. The van der Waals surface area contributed by atoms with Gasteiger partial charge in [-0.05, 0) is 30.3 Å². The Morgan fingerprint density at radius 2 is 2.00 bits per heavy atom. The number of carbonyl (C=O) groups is 1. The third-order valence-corrected chi connectivity index (χ3v) is 5.12. The van der Waals surface area contributed by atoms with Crippen molar-refractivity contribution >= 4 is 55.3 Å². The van der Waals surface area contributed by atoms with Crippen LogP contribution in [0.3, 0.4) is 0 Å². The lowest BCUT2D eigenvalue weighted by molar-refractivity contribution is 0.102. The first-order valence-electron chi connectivity index (χ1n) is 7.39. The van der Waals surface area contributed by atoms with Crippen molar-refractivity contribution in [1.82, 2.24) is 4.98 Å². The van der Waals surface area contributed by atoms with Crippen molar-refractivity contribution in [2.75, 3.05) is 10.0 Å². The molecule has 0 aliphatic heterocycles. The molecule has 2 N–H and O–H groups in total. The van der Waals surface area contributed by atoms with E-state index in [4.69, 9.17) is 5.26 Å². The van der Waals surface area contributed by atoms with E-state index in [1.807, 2.05) is 35.7 Å². The normalized spacial score (nSPS) is 11.4. The molecule has 0 aliphatic rings. The Kier molecular flexibility index (Phi) is 5.98. The van der Waals surface area contributed by atoms with Gasteiger partial charge in [-0.3, -0.25) is 14.3 Å². The van der Waals surface area contributed by atoms with Crippen LogP contribution in [0.15, 0.2) is 52.3 Å². The molecule has 0 radical (unpaired) electrons. The predicted molar refractivity (Wildman–Crippen MR) is 107 cm³/mol. The molecule has 7 nitrogen and oxygen atoms in total. The van der Waals surface area contributed by atoms with Crippen molar-refractivity contribution in [3.05, 3.63) is 63.4 Å². The lowest BCUT2D eigenvalue weighted by atomic mass is 10.1. The highest BCUT2D eigenvalue weighted by atomic mass is 79.9. The molecule has 0 fully saturated rings. The van der Waals surface area contributed by atoms with Gasteiger partial charge in [0.1, 0.15) is 0 Å². The quantitative estimate of drug-likeness (QED) is 0.558. The van der Waals surface area contributed by atoms with Crippen molar-refractivity contribution < 1.29 is 13.6 Å². The summed E-state index contributed by atoms with van der Waals surface area (Å²) in [5, 5.41) is 13.8. The maximum atomic E-state index is 12.5. The van der Waals surface area contributed by atoms with Gasteiger partial charge >= 0.3 is 0 Å². The molecule has 2 aromatic carbocycles. The smallest absolute Gasteiger partial charge is 0.259 e. The molecule has 0 bridgehead atoms. The number of rotatable bonds is 5. The number of nitrogens with one attached hydrogen (secondary N) is 2. The zero-order chi connectivity index (χ0) is 19.4. The first kappa shape index (κ1) is 19.2. The lowest BCUT2D eigenvalue weighted by Gasteiger charge is -2.13. The second-order valence-electron chi connectivity index (χ2n) is 5.21. The molecule has 3 aromatic rings. The maximum absolute atomic E-state index is 12.5. The van der Waals surface area contributed by atoms with Crippen molar-refractivity contribution in [2.24, 2.45) is 0 Å². The van der Waals surface area contributed by atoms with Crippen LogP contribution < -0.4 is 10.0 Å². The number of benzene rings is 2. The van der Waals surface area contributed by atoms with E-state index in [1.165, 1.54) is 29.5 Å². The largest absolute Gasteiger partial charge is 0.755 e. The molecule has 1 heterocycles. The van der Waals surface area contributed by atoms with Gasteiger partial charge < -0.3 is 9.27 Å². The molecule has 0 saturated carbocycles. The van der Waals surface area contributed by atoms with Crippen LogP contribution in [0.25, 0.3) is 11.3 Å². The Labute approximate surface area is 169 Å². The summed E-state index contributed by atoms with van der Waals surface area (Å²) in [7, 11) is 0. The van der Waals surface area contributed by atoms with E-state index in [9.17, 15) is 13.6 Å². The number of anilines is 2. The van der Waals surface area contributed by atoms with E-state index < -0.39 is 17.2 Å². The van der Waals surface area contributed by atoms with Crippen LogP contribution in [0, 0.1) is 11.3 Å². The van der Waals surface area contributed by atoms with E-state index in [2.05, 4.69) is 31.0 Å². The molecule has 3 rings (SSSR count). The Hall–Kier alpha value is -2.58. The summed E-state index contributed by atoms with van der Waals surface area (Å²) in [5.41, 5.74) is 1.94. The van der Waals surface area contributed by atoms with Crippen LogP contribution >= 0.6 is 27.3 Å². The predicted octanol–water partition coefficient (Wildman–Crippen LogP) is 3.90. The van der Waals surface area contributed by atoms with Gasteiger partial charge in [-0.2, -0.15) is 5.26 Å². The minimum absolute atomic E-state index is 0.0181. The van der Waals surface area contributed by atoms with Gasteiger partial charge in [0, 0.05) is 26.7 Å². The number of nitrogens with zero attached hydrogens (tertiary/aromatic N) is 2. The van der Waals surface area contributed by atoms with Crippen molar-refractivity contribution in [1.29, 1.82) is 5.26 Å².